The maximum absolute atomic E-state index is 10.2. The second-order valence-corrected chi connectivity index (χ2v) is 5.05. The highest BCUT2D eigenvalue weighted by Crippen LogP contribution is 2.28. The molecule has 0 aliphatic rings. The van der Waals surface area contributed by atoms with Crippen LogP contribution >= 0.6 is 11.6 Å². The minimum absolute atomic E-state index is 0.320. The summed E-state index contributed by atoms with van der Waals surface area (Å²) in [7, 11) is 0. The van der Waals surface area contributed by atoms with Crippen LogP contribution in [0.25, 0.3) is 0 Å². The van der Waals surface area contributed by atoms with Gasteiger partial charge in [0, 0.05) is 5.02 Å². The summed E-state index contributed by atoms with van der Waals surface area (Å²) in [5.74, 6) is 0.320. The first-order valence-corrected chi connectivity index (χ1v) is 6.53. The zero-order valence-corrected chi connectivity index (χ0v) is 11.1. The van der Waals surface area contributed by atoms with Gasteiger partial charge in [-0.1, -0.05) is 61.0 Å². The summed E-state index contributed by atoms with van der Waals surface area (Å²) < 4.78 is 0. The molecule has 18 heavy (non-hydrogen) atoms. The highest BCUT2D eigenvalue weighted by Gasteiger charge is 2.13. The van der Waals surface area contributed by atoms with Crippen LogP contribution < -0.4 is 0 Å². The predicted octanol–water partition coefficient (Wildman–Crippen LogP) is 4.57. The van der Waals surface area contributed by atoms with Crippen LogP contribution in [0, 0.1) is 0 Å². The fraction of sp³-hybridized carbons (Fsp3) is 0.250. The van der Waals surface area contributed by atoms with E-state index in [1.54, 1.807) is 0 Å². The molecule has 0 saturated heterocycles. The fourth-order valence-electron chi connectivity index (χ4n) is 2.10. The summed E-state index contributed by atoms with van der Waals surface area (Å²) in [5.41, 5.74) is 2.13. The van der Waals surface area contributed by atoms with Gasteiger partial charge in [-0.25, -0.2) is 0 Å². The summed E-state index contributed by atoms with van der Waals surface area (Å²) >= 11 is 5.93. The Hall–Kier alpha value is -1.31. The van der Waals surface area contributed by atoms with E-state index in [0.29, 0.717) is 17.4 Å². The molecule has 0 heterocycles. The molecule has 0 bridgehead atoms. The van der Waals surface area contributed by atoms with Crippen molar-refractivity contribution in [3.05, 3.63) is 70.7 Å². The van der Waals surface area contributed by atoms with E-state index in [9.17, 15) is 5.11 Å². The van der Waals surface area contributed by atoms with Crippen molar-refractivity contribution in [1.29, 1.82) is 0 Å². The molecule has 0 fully saturated rings. The average molecular weight is 261 g/mol. The van der Waals surface area contributed by atoms with Gasteiger partial charge in [0.25, 0.3) is 0 Å². The summed E-state index contributed by atoms with van der Waals surface area (Å²) in [6, 6.07) is 17.7. The van der Waals surface area contributed by atoms with E-state index in [1.807, 2.05) is 42.5 Å². The van der Waals surface area contributed by atoms with Crippen LogP contribution in [-0.4, -0.2) is 5.11 Å². The van der Waals surface area contributed by atoms with Crippen molar-refractivity contribution in [2.75, 3.05) is 0 Å². The van der Waals surface area contributed by atoms with E-state index in [0.717, 1.165) is 5.56 Å². The third kappa shape index (κ3) is 3.34. The second-order valence-electron chi connectivity index (χ2n) is 4.62. The Balaban J connectivity index is 2.05. The molecule has 2 heteroatoms. The highest BCUT2D eigenvalue weighted by atomic mass is 35.5. The van der Waals surface area contributed by atoms with Gasteiger partial charge < -0.3 is 5.11 Å². The molecule has 0 spiro atoms. The van der Waals surface area contributed by atoms with Crippen molar-refractivity contribution in [3.63, 3.8) is 0 Å². The van der Waals surface area contributed by atoms with Crippen LogP contribution in [-0.2, 0) is 0 Å². The lowest BCUT2D eigenvalue weighted by Gasteiger charge is -2.17. The van der Waals surface area contributed by atoms with Gasteiger partial charge in [0.15, 0.2) is 0 Å². The van der Waals surface area contributed by atoms with Crippen molar-refractivity contribution >= 4 is 11.6 Å². The van der Waals surface area contributed by atoms with Crippen molar-refractivity contribution < 1.29 is 5.11 Å². The van der Waals surface area contributed by atoms with Crippen molar-refractivity contribution in [1.82, 2.24) is 0 Å². The van der Waals surface area contributed by atoms with Gasteiger partial charge in [-0.15, -0.1) is 0 Å². The monoisotopic (exact) mass is 260 g/mol. The summed E-state index contributed by atoms with van der Waals surface area (Å²) in [6.07, 6.45) is 0.226. The Morgan fingerprint density at radius 1 is 1.00 bits per heavy atom. The van der Waals surface area contributed by atoms with Gasteiger partial charge in [-0.05, 0) is 35.6 Å². The molecule has 2 rings (SSSR count). The fourth-order valence-corrected chi connectivity index (χ4v) is 2.30. The van der Waals surface area contributed by atoms with Gasteiger partial charge in [0.2, 0.25) is 0 Å². The average Bonchev–Trinajstić information content (AvgIpc) is 2.39. The Morgan fingerprint density at radius 2 is 1.67 bits per heavy atom. The highest BCUT2D eigenvalue weighted by molar-refractivity contribution is 6.30. The Bertz CT molecular complexity index is 495. The summed E-state index contributed by atoms with van der Waals surface area (Å²) in [5, 5.41) is 10.9. The third-order valence-corrected chi connectivity index (χ3v) is 3.41. The zero-order valence-electron chi connectivity index (χ0n) is 10.4. The van der Waals surface area contributed by atoms with Crippen molar-refractivity contribution in [2.24, 2.45) is 0 Å². The largest absolute Gasteiger partial charge is 0.388 e. The van der Waals surface area contributed by atoms with Crippen LogP contribution in [0.4, 0.5) is 0 Å². The molecule has 2 unspecified atom stereocenters. The molecule has 2 aromatic carbocycles. The molecule has 0 aliphatic carbocycles. The number of hydrogen-bond acceptors (Lipinski definition) is 1. The van der Waals surface area contributed by atoms with E-state index in [4.69, 9.17) is 11.6 Å². The van der Waals surface area contributed by atoms with Crippen molar-refractivity contribution in [2.45, 2.75) is 25.4 Å². The Labute approximate surface area is 113 Å². The molecule has 0 radical (unpaired) electrons. The third-order valence-electron chi connectivity index (χ3n) is 3.18. The van der Waals surface area contributed by atoms with Crippen LogP contribution in [0.2, 0.25) is 5.02 Å². The lowest BCUT2D eigenvalue weighted by molar-refractivity contribution is 0.159. The quantitative estimate of drug-likeness (QED) is 0.854. The first-order valence-electron chi connectivity index (χ1n) is 6.15. The number of aliphatic hydroxyl groups excluding tert-OH is 1. The van der Waals surface area contributed by atoms with E-state index in [1.165, 1.54) is 5.56 Å². The molecule has 1 N–H and O–H groups in total. The Kier molecular flexibility index (Phi) is 4.40. The normalized spacial score (nSPS) is 14.2. The topological polar surface area (TPSA) is 20.2 Å². The molecule has 0 saturated carbocycles. The van der Waals surface area contributed by atoms with Gasteiger partial charge in [-0.2, -0.15) is 0 Å². The second kappa shape index (κ2) is 6.03. The van der Waals surface area contributed by atoms with Gasteiger partial charge in [0.1, 0.15) is 0 Å². The lowest BCUT2D eigenvalue weighted by atomic mass is 9.92. The standard InChI is InChI=1S/C16H17ClO/c1-12(13-6-3-2-4-7-13)10-16(18)14-8-5-9-15(17)11-14/h2-9,11-12,16,18H,10H2,1H3. The zero-order chi connectivity index (χ0) is 13.0. The molecule has 2 atom stereocenters. The Morgan fingerprint density at radius 3 is 2.33 bits per heavy atom. The number of hydrogen-bond donors (Lipinski definition) is 1. The molecule has 0 aliphatic heterocycles. The summed E-state index contributed by atoms with van der Waals surface area (Å²) in [6.45, 7) is 2.13. The number of aliphatic hydroxyl groups is 1. The van der Waals surface area contributed by atoms with Crippen LogP contribution in [0.1, 0.15) is 36.5 Å². The predicted molar refractivity (Wildman–Crippen MR) is 75.9 cm³/mol. The maximum atomic E-state index is 10.2. The lowest BCUT2D eigenvalue weighted by Crippen LogP contribution is -2.03. The maximum Gasteiger partial charge on any atom is 0.0796 e. The van der Waals surface area contributed by atoms with E-state index in [2.05, 4.69) is 19.1 Å². The molecule has 94 valence electrons. The minimum atomic E-state index is -0.473. The molecule has 0 aromatic heterocycles. The molecule has 0 amide bonds. The first kappa shape index (κ1) is 13.1. The minimum Gasteiger partial charge on any atom is -0.388 e. The van der Waals surface area contributed by atoms with Crippen molar-refractivity contribution in [3.8, 4) is 0 Å². The van der Waals surface area contributed by atoms with E-state index in [-0.39, 0.29) is 0 Å². The smallest absolute Gasteiger partial charge is 0.0796 e. The molecular weight excluding hydrogens is 244 g/mol. The van der Waals surface area contributed by atoms with E-state index < -0.39 is 6.10 Å². The molecular formula is C16H17ClO. The van der Waals surface area contributed by atoms with Gasteiger partial charge in [-0.3, -0.25) is 0 Å². The number of benzene rings is 2. The van der Waals surface area contributed by atoms with Gasteiger partial charge >= 0.3 is 0 Å². The SMILES string of the molecule is CC(CC(O)c1cccc(Cl)c1)c1ccccc1. The summed E-state index contributed by atoms with van der Waals surface area (Å²) in [4.78, 5) is 0. The van der Waals surface area contributed by atoms with Crippen LogP contribution in [0.5, 0.6) is 0 Å². The van der Waals surface area contributed by atoms with Gasteiger partial charge in [0.05, 0.1) is 6.10 Å². The molecule has 2 aromatic rings. The van der Waals surface area contributed by atoms with Crippen LogP contribution in [0.15, 0.2) is 54.6 Å². The van der Waals surface area contributed by atoms with E-state index >= 15 is 0 Å². The first-order chi connectivity index (χ1) is 8.66. The number of halogens is 1. The number of rotatable bonds is 4. The van der Waals surface area contributed by atoms with Crippen LogP contribution in [0.3, 0.4) is 0 Å². The molecule has 1 nitrogen and oxygen atoms in total.